The smallest absolute Gasteiger partial charge is 0.318 e. The Balaban J connectivity index is 1.41. The predicted molar refractivity (Wildman–Crippen MR) is 92.1 cm³/mol. The highest BCUT2D eigenvalue weighted by atomic mass is 16.5. The normalized spacial score (nSPS) is 32.0. The zero-order valence-electron chi connectivity index (χ0n) is 14.9. The maximum atomic E-state index is 12.9. The molecule has 0 aromatic carbocycles. The van der Waals surface area contributed by atoms with Crippen molar-refractivity contribution in [3.8, 4) is 0 Å². The average molecular weight is 348 g/mol. The van der Waals surface area contributed by atoms with Crippen LogP contribution in [0.25, 0.3) is 0 Å². The van der Waals surface area contributed by atoms with Crippen molar-refractivity contribution in [1.82, 2.24) is 10.2 Å². The average Bonchev–Trinajstić information content (AvgIpc) is 3.35. The highest BCUT2D eigenvalue weighted by molar-refractivity contribution is 5.75. The predicted octanol–water partition coefficient (Wildman–Crippen LogP) is 3.23. The van der Waals surface area contributed by atoms with Crippen LogP contribution < -0.4 is 5.32 Å². The van der Waals surface area contributed by atoms with Crippen molar-refractivity contribution >= 4 is 6.03 Å². The van der Waals surface area contributed by atoms with Crippen LogP contribution in [-0.4, -0.2) is 43.3 Å². The third kappa shape index (κ3) is 3.42. The minimum atomic E-state index is 0.0322. The standard InChI is InChI=1S/C19H28N2O4/c1-23-12-13-7-8-18(25-13)16-5-3-10-21(16)19(22)20-15-4-2-6-17-14(15)9-11-24-17/h7-8,14-17H,2-6,9-12H2,1H3,(H,20,22). The number of rotatable bonds is 4. The molecule has 1 aromatic rings. The summed E-state index contributed by atoms with van der Waals surface area (Å²) >= 11 is 0. The molecule has 3 heterocycles. The molecule has 25 heavy (non-hydrogen) atoms. The molecule has 2 aliphatic heterocycles. The van der Waals surface area contributed by atoms with Crippen LogP contribution in [0, 0.1) is 5.92 Å². The lowest BCUT2D eigenvalue weighted by Crippen LogP contribution is -2.50. The Kier molecular flexibility index (Phi) is 4.99. The minimum Gasteiger partial charge on any atom is -0.461 e. The number of nitrogens with zero attached hydrogens (tertiary/aromatic N) is 1. The number of fused-ring (bicyclic) bond motifs is 1. The number of ether oxygens (including phenoxy) is 2. The summed E-state index contributed by atoms with van der Waals surface area (Å²) in [5.41, 5.74) is 0. The number of nitrogens with one attached hydrogen (secondary N) is 1. The second-order valence-corrected chi connectivity index (χ2v) is 7.44. The molecule has 6 heteroatoms. The molecule has 1 aromatic heterocycles. The first-order valence-corrected chi connectivity index (χ1v) is 9.52. The van der Waals surface area contributed by atoms with Crippen LogP contribution in [0.1, 0.15) is 56.1 Å². The number of furan rings is 1. The van der Waals surface area contributed by atoms with Gasteiger partial charge in [0.15, 0.2) is 0 Å². The summed E-state index contributed by atoms with van der Waals surface area (Å²) in [5, 5.41) is 3.30. The molecule has 4 rings (SSSR count). The van der Waals surface area contributed by atoms with Crippen molar-refractivity contribution in [2.45, 2.75) is 63.3 Å². The monoisotopic (exact) mass is 348 g/mol. The maximum Gasteiger partial charge on any atom is 0.318 e. The van der Waals surface area contributed by atoms with E-state index >= 15 is 0 Å². The Morgan fingerprint density at radius 2 is 2.20 bits per heavy atom. The van der Waals surface area contributed by atoms with Gasteiger partial charge in [0.2, 0.25) is 0 Å². The number of hydrogen-bond donors (Lipinski definition) is 1. The van der Waals surface area contributed by atoms with Crippen LogP contribution in [0.2, 0.25) is 0 Å². The van der Waals surface area contributed by atoms with Crippen LogP contribution >= 0.6 is 0 Å². The number of urea groups is 1. The van der Waals surface area contributed by atoms with Crippen molar-refractivity contribution in [2.24, 2.45) is 5.92 Å². The van der Waals surface area contributed by atoms with Gasteiger partial charge in [0.1, 0.15) is 18.1 Å². The van der Waals surface area contributed by atoms with Gasteiger partial charge in [0.05, 0.1) is 12.1 Å². The summed E-state index contributed by atoms with van der Waals surface area (Å²) in [6.45, 7) is 2.08. The summed E-state index contributed by atoms with van der Waals surface area (Å²) in [6, 6.07) is 4.24. The summed E-state index contributed by atoms with van der Waals surface area (Å²) in [6.07, 6.45) is 6.71. The zero-order chi connectivity index (χ0) is 17.2. The fourth-order valence-corrected chi connectivity index (χ4v) is 4.70. The van der Waals surface area contributed by atoms with E-state index in [0.29, 0.717) is 18.6 Å². The van der Waals surface area contributed by atoms with Crippen molar-refractivity contribution in [3.05, 3.63) is 23.7 Å². The van der Waals surface area contributed by atoms with Crippen molar-refractivity contribution in [3.63, 3.8) is 0 Å². The second-order valence-electron chi connectivity index (χ2n) is 7.44. The van der Waals surface area contributed by atoms with Crippen molar-refractivity contribution < 1.29 is 18.7 Å². The number of carbonyl (C=O) groups is 1. The molecular formula is C19H28N2O4. The van der Waals surface area contributed by atoms with Crippen LogP contribution in [0.4, 0.5) is 4.79 Å². The van der Waals surface area contributed by atoms with Crippen LogP contribution in [-0.2, 0) is 16.1 Å². The number of likely N-dealkylation sites (tertiary alicyclic amines) is 1. The molecule has 4 unspecified atom stereocenters. The van der Waals surface area contributed by atoms with Crippen molar-refractivity contribution in [1.29, 1.82) is 0 Å². The fourth-order valence-electron chi connectivity index (χ4n) is 4.70. The van der Waals surface area contributed by atoms with Gasteiger partial charge in [-0.1, -0.05) is 0 Å². The topological polar surface area (TPSA) is 63.9 Å². The van der Waals surface area contributed by atoms with E-state index < -0.39 is 0 Å². The van der Waals surface area contributed by atoms with E-state index in [9.17, 15) is 4.79 Å². The zero-order valence-corrected chi connectivity index (χ0v) is 14.9. The van der Waals surface area contributed by atoms with Crippen LogP contribution in [0.15, 0.2) is 16.5 Å². The van der Waals surface area contributed by atoms with E-state index in [-0.39, 0.29) is 18.1 Å². The maximum absolute atomic E-state index is 12.9. The van der Waals surface area contributed by atoms with Gasteiger partial charge in [-0.25, -0.2) is 4.79 Å². The first kappa shape index (κ1) is 16.9. The first-order chi connectivity index (χ1) is 12.3. The Morgan fingerprint density at radius 1 is 1.28 bits per heavy atom. The molecule has 0 radical (unpaired) electrons. The van der Waals surface area contributed by atoms with Gasteiger partial charge in [-0.3, -0.25) is 0 Å². The molecule has 6 nitrogen and oxygen atoms in total. The van der Waals surface area contributed by atoms with E-state index in [1.165, 1.54) is 0 Å². The Hall–Kier alpha value is -1.53. The molecule has 0 bridgehead atoms. The first-order valence-electron chi connectivity index (χ1n) is 9.52. The highest BCUT2D eigenvalue weighted by Crippen LogP contribution is 2.36. The highest BCUT2D eigenvalue weighted by Gasteiger charge is 2.40. The number of amides is 2. The molecule has 0 spiro atoms. The van der Waals surface area contributed by atoms with Crippen LogP contribution in [0.3, 0.4) is 0 Å². The van der Waals surface area contributed by atoms with Gasteiger partial charge in [-0.05, 0) is 50.7 Å². The SMILES string of the molecule is COCc1ccc(C2CCCN2C(=O)NC2CCCC3OCCC23)o1. The molecule has 1 saturated carbocycles. The van der Waals surface area contributed by atoms with E-state index in [0.717, 1.165) is 63.2 Å². The van der Waals surface area contributed by atoms with Gasteiger partial charge < -0.3 is 24.1 Å². The van der Waals surface area contributed by atoms with Gasteiger partial charge in [0, 0.05) is 32.2 Å². The molecule has 4 atom stereocenters. The quantitative estimate of drug-likeness (QED) is 0.907. The van der Waals surface area contributed by atoms with Crippen LogP contribution in [0.5, 0.6) is 0 Å². The lowest BCUT2D eigenvalue weighted by molar-refractivity contribution is 0.0535. The molecule has 3 fully saturated rings. The van der Waals surface area contributed by atoms with Gasteiger partial charge in [0.25, 0.3) is 0 Å². The molecule has 2 saturated heterocycles. The van der Waals surface area contributed by atoms with E-state index in [2.05, 4.69) is 5.32 Å². The fraction of sp³-hybridized carbons (Fsp3) is 0.737. The van der Waals surface area contributed by atoms with Gasteiger partial charge in [-0.2, -0.15) is 0 Å². The van der Waals surface area contributed by atoms with Gasteiger partial charge in [-0.15, -0.1) is 0 Å². The summed E-state index contributed by atoms with van der Waals surface area (Å²) in [5.74, 6) is 2.16. The number of hydrogen-bond acceptors (Lipinski definition) is 4. The Labute approximate surface area is 148 Å². The van der Waals surface area contributed by atoms with Crippen molar-refractivity contribution in [2.75, 3.05) is 20.3 Å². The molecule has 3 aliphatic rings. The summed E-state index contributed by atoms with van der Waals surface area (Å²) in [4.78, 5) is 14.9. The lowest BCUT2D eigenvalue weighted by Gasteiger charge is -2.35. The minimum absolute atomic E-state index is 0.0322. The summed E-state index contributed by atoms with van der Waals surface area (Å²) < 4.78 is 16.8. The molecular weight excluding hydrogens is 320 g/mol. The second kappa shape index (κ2) is 7.38. The van der Waals surface area contributed by atoms with E-state index in [4.69, 9.17) is 13.9 Å². The number of methoxy groups -OCH3 is 1. The lowest BCUT2D eigenvalue weighted by atomic mass is 9.82. The summed E-state index contributed by atoms with van der Waals surface area (Å²) in [7, 11) is 1.65. The third-order valence-electron chi connectivity index (χ3n) is 5.90. The Morgan fingerprint density at radius 3 is 3.08 bits per heavy atom. The van der Waals surface area contributed by atoms with Gasteiger partial charge >= 0.3 is 6.03 Å². The largest absolute Gasteiger partial charge is 0.461 e. The Bertz CT molecular complexity index is 602. The molecule has 2 amide bonds. The van der Waals surface area contributed by atoms with E-state index in [1.54, 1.807) is 7.11 Å². The van der Waals surface area contributed by atoms with E-state index in [1.807, 2.05) is 17.0 Å². The molecule has 1 aliphatic carbocycles. The third-order valence-corrected chi connectivity index (χ3v) is 5.90. The number of carbonyl (C=O) groups excluding carboxylic acids is 1. The molecule has 138 valence electrons. The molecule has 1 N–H and O–H groups in total.